The molecule has 0 N–H and O–H groups in total. The van der Waals surface area contributed by atoms with Crippen LogP contribution in [0.4, 0.5) is 4.39 Å². The van der Waals surface area contributed by atoms with Gasteiger partial charge >= 0.3 is 5.84 Å². The van der Waals surface area contributed by atoms with Crippen molar-refractivity contribution in [2.75, 3.05) is 0 Å². The quantitative estimate of drug-likeness (QED) is 0.544. The molecule has 0 aliphatic heterocycles. The van der Waals surface area contributed by atoms with Crippen LogP contribution in [-0.4, -0.2) is 15.2 Å². The number of fused-ring (bicyclic) bond motifs is 1. The van der Waals surface area contributed by atoms with Gasteiger partial charge in [-0.15, -0.1) is 0 Å². The van der Waals surface area contributed by atoms with Crippen LogP contribution in [0.15, 0.2) is 52.8 Å². The van der Waals surface area contributed by atoms with E-state index in [1.165, 1.54) is 18.4 Å². The standard InChI is InChI=1S/C16H11FN2O2/c17-12-5-3-11(4-6-12)14-15(13(20)9-10-1-2-10)19-7-8-21-16(19)18-14/h3-9H,1-2H2. The zero-order chi connectivity index (χ0) is 14.4. The number of imidazole rings is 1. The van der Waals surface area contributed by atoms with Crippen molar-refractivity contribution in [1.29, 1.82) is 0 Å². The fourth-order valence-corrected chi connectivity index (χ4v) is 2.30. The van der Waals surface area contributed by atoms with E-state index in [1.807, 2.05) is 0 Å². The predicted molar refractivity (Wildman–Crippen MR) is 74.5 cm³/mol. The number of rotatable bonds is 3. The van der Waals surface area contributed by atoms with Gasteiger partial charge in [-0.3, -0.25) is 9.20 Å². The Labute approximate surface area is 119 Å². The molecule has 2 heterocycles. The highest BCUT2D eigenvalue weighted by atomic mass is 19.1. The van der Waals surface area contributed by atoms with Crippen molar-refractivity contribution in [3.05, 3.63) is 59.9 Å². The number of ketones is 1. The SMILES string of the molecule is O=C(C=C1CC1)c1c(-c2ccc(F)cc2)nc2occn12. The highest BCUT2D eigenvalue weighted by Gasteiger charge is 2.23. The Morgan fingerprint density at radius 3 is 2.76 bits per heavy atom. The van der Waals surface area contributed by atoms with Gasteiger partial charge < -0.3 is 4.42 Å². The van der Waals surface area contributed by atoms with E-state index in [1.54, 1.807) is 28.8 Å². The molecule has 1 aromatic carbocycles. The van der Waals surface area contributed by atoms with Gasteiger partial charge in [0.2, 0.25) is 5.78 Å². The van der Waals surface area contributed by atoms with Gasteiger partial charge in [0, 0.05) is 11.8 Å². The maximum absolute atomic E-state index is 13.1. The maximum atomic E-state index is 13.1. The van der Waals surface area contributed by atoms with Crippen molar-refractivity contribution in [3.8, 4) is 11.3 Å². The molecule has 104 valence electrons. The Morgan fingerprint density at radius 1 is 1.29 bits per heavy atom. The number of nitrogens with zero attached hydrogens (tertiary/aromatic N) is 2. The van der Waals surface area contributed by atoms with Crippen molar-refractivity contribution < 1.29 is 13.6 Å². The van der Waals surface area contributed by atoms with Crippen LogP contribution in [0.1, 0.15) is 23.3 Å². The van der Waals surface area contributed by atoms with Crippen molar-refractivity contribution in [1.82, 2.24) is 9.38 Å². The molecule has 5 heteroatoms. The lowest BCUT2D eigenvalue weighted by molar-refractivity contribution is 0.104. The third-order valence-electron chi connectivity index (χ3n) is 3.49. The van der Waals surface area contributed by atoms with E-state index in [-0.39, 0.29) is 11.6 Å². The third-order valence-corrected chi connectivity index (χ3v) is 3.49. The van der Waals surface area contributed by atoms with Crippen LogP contribution in [0.3, 0.4) is 0 Å². The summed E-state index contributed by atoms with van der Waals surface area (Å²) in [5.41, 5.74) is 2.79. The molecule has 21 heavy (non-hydrogen) atoms. The molecule has 1 aliphatic rings. The number of carbonyl (C=O) groups is 1. The molecule has 0 amide bonds. The minimum atomic E-state index is -0.324. The molecule has 2 aromatic heterocycles. The highest BCUT2D eigenvalue weighted by Crippen LogP contribution is 2.30. The zero-order valence-corrected chi connectivity index (χ0v) is 11.0. The highest BCUT2D eigenvalue weighted by molar-refractivity contribution is 6.08. The lowest BCUT2D eigenvalue weighted by Gasteiger charge is -2.01. The van der Waals surface area contributed by atoms with Crippen LogP contribution in [0.5, 0.6) is 0 Å². The maximum Gasteiger partial charge on any atom is 0.306 e. The molecule has 1 saturated carbocycles. The number of allylic oxidation sites excluding steroid dienone is 2. The molecule has 4 nitrogen and oxygen atoms in total. The molecular formula is C16H11FN2O2. The third kappa shape index (κ3) is 2.07. The molecular weight excluding hydrogens is 271 g/mol. The molecule has 0 spiro atoms. The number of hydrogen-bond donors (Lipinski definition) is 0. The number of hydrogen-bond acceptors (Lipinski definition) is 3. The van der Waals surface area contributed by atoms with Gasteiger partial charge in [0.25, 0.3) is 0 Å². The number of oxazole rings is 1. The molecule has 1 fully saturated rings. The Morgan fingerprint density at radius 2 is 2.05 bits per heavy atom. The number of benzene rings is 1. The predicted octanol–water partition coefficient (Wildman–Crippen LogP) is 3.64. The average Bonchev–Trinajstić information content (AvgIpc) is 3.03. The van der Waals surface area contributed by atoms with Gasteiger partial charge in [-0.05, 0) is 43.2 Å². The summed E-state index contributed by atoms with van der Waals surface area (Å²) in [5.74, 6) is -0.0720. The van der Waals surface area contributed by atoms with Crippen LogP contribution in [0.2, 0.25) is 0 Å². The van der Waals surface area contributed by atoms with Crippen molar-refractivity contribution in [2.45, 2.75) is 12.8 Å². The van der Waals surface area contributed by atoms with Gasteiger partial charge in [-0.25, -0.2) is 4.39 Å². The zero-order valence-electron chi connectivity index (χ0n) is 11.0. The first kappa shape index (κ1) is 12.1. The summed E-state index contributed by atoms with van der Waals surface area (Å²) in [6.45, 7) is 0. The molecule has 0 saturated heterocycles. The van der Waals surface area contributed by atoms with Crippen molar-refractivity contribution >= 4 is 11.6 Å². The van der Waals surface area contributed by atoms with Gasteiger partial charge in [0.1, 0.15) is 23.5 Å². The van der Waals surface area contributed by atoms with Gasteiger partial charge in [-0.1, -0.05) is 5.57 Å². The van der Waals surface area contributed by atoms with E-state index in [2.05, 4.69) is 4.98 Å². The second-order valence-corrected chi connectivity index (χ2v) is 5.04. The van der Waals surface area contributed by atoms with E-state index < -0.39 is 0 Å². The number of halogens is 1. The first-order valence-electron chi connectivity index (χ1n) is 6.67. The summed E-state index contributed by atoms with van der Waals surface area (Å²) in [7, 11) is 0. The summed E-state index contributed by atoms with van der Waals surface area (Å²) in [4.78, 5) is 16.8. The van der Waals surface area contributed by atoms with E-state index in [9.17, 15) is 9.18 Å². The van der Waals surface area contributed by atoms with Crippen LogP contribution in [0.25, 0.3) is 17.1 Å². The largest absolute Gasteiger partial charge is 0.432 e. The summed E-state index contributed by atoms with van der Waals surface area (Å²) in [5, 5.41) is 0. The Bertz CT molecular complexity index is 865. The van der Waals surface area contributed by atoms with Crippen LogP contribution >= 0.6 is 0 Å². The number of carbonyl (C=O) groups excluding carboxylic acids is 1. The molecule has 1 aliphatic carbocycles. The summed E-state index contributed by atoms with van der Waals surface area (Å²) in [6, 6.07) is 5.92. The monoisotopic (exact) mass is 282 g/mol. The van der Waals surface area contributed by atoms with E-state index in [0.29, 0.717) is 22.8 Å². The van der Waals surface area contributed by atoms with Crippen LogP contribution < -0.4 is 0 Å². The second-order valence-electron chi connectivity index (χ2n) is 5.04. The Balaban J connectivity index is 1.91. The molecule has 4 rings (SSSR count). The Hall–Kier alpha value is -2.69. The van der Waals surface area contributed by atoms with Gasteiger partial charge in [-0.2, -0.15) is 4.98 Å². The fraction of sp³-hybridized carbons (Fsp3) is 0.125. The lowest BCUT2D eigenvalue weighted by Crippen LogP contribution is -2.01. The van der Waals surface area contributed by atoms with Crippen LogP contribution in [0, 0.1) is 5.82 Å². The topological polar surface area (TPSA) is 47.5 Å². The Kier molecular flexibility index (Phi) is 2.54. The minimum absolute atomic E-state index is 0.101. The second kappa shape index (κ2) is 4.41. The summed E-state index contributed by atoms with van der Waals surface area (Å²) in [6.07, 6.45) is 6.76. The number of aromatic nitrogens is 2. The van der Waals surface area contributed by atoms with E-state index in [4.69, 9.17) is 4.42 Å². The first-order chi connectivity index (χ1) is 10.2. The van der Waals surface area contributed by atoms with Crippen LogP contribution in [-0.2, 0) is 0 Å². The fourth-order valence-electron chi connectivity index (χ4n) is 2.30. The average molecular weight is 282 g/mol. The van der Waals surface area contributed by atoms with Gasteiger partial charge in [0.15, 0.2) is 0 Å². The molecule has 0 unspecified atom stereocenters. The first-order valence-corrected chi connectivity index (χ1v) is 6.67. The van der Waals surface area contributed by atoms with Crippen molar-refractivity contribution in [3.63, 3.8) is 0 Å². The van der Waals surface area contributed by atoms with E-state index >= 15 is 0 Å². The van der Waals surface area contributed by atoms with Gasteiger partial charge in [0.05, 0.1) is 0 Å². The normalized spacial score (nSPS) is 13.7. The summed E-state index contributed by atoms with van der Waals surface area (Å²) >= 11 is 0. The smallest absolute Gasteiger partial charge is 0.306 e. The lowest BCUT2D eigenvalue weighted by atomic mass is 10.1. The molecule has 0 bridgehead atoms. The minimum Gasteiger partial charge on any atom is -0.432 e. The molecule has 0 atom stereocenters. The summed E-state index contributed by atoms with van der Waals surface area (Å²) < 4.78 is 20.0. The van der Waals surface area contributed by atoms with E-state index in [0.717, 1.165) is 18.4 Å². The molecule has 3 aromatic rings. The molecule has 0 radical (unpaired) electrons. The van der Waals surface area contributed by atoms with Crippen molar-refractivity contribution in [2.24, 2.45) is 0 Å².